The van der Waals surface area contributed by atoms with Gasteiger partial charge in [-0.1, -0.05) is 11.6 Å². The molecule has 1 fully saturated rings. The normalized spacial score (nSPS) is 39.5. The largest absolute Gasteiger partial charge is 0.393 e. The van der Waals surface area contributed by atoms with Crippen LogP contribution in [-0.2, 0) is 0 Å². The summed E-state index contributed by atoms with van der Waals surface area (Å²) in [7, 11) is 0. The second kappa shape index (κ2) is 3.43. The van der Waals surface area contributed by atoms with Crippen LogP contribution in [0.25, 0.3) is 0 Å². The number of allylic oxidation sites excluding steroid dienone is 1. The summed E-state index contributed by atoms with van der Waals surface area (Å²) >= 11 is 0. The number of aliphatic hydroxyl groups excluding tert-OH is 1. The van der Waals surface area contributed by atoms with Gasteiger partial charge < -0.3 is 10.8 Å². The van der Waals surface area contributed by atoms with Crippen LogP contribution < -0.4 is 5.73 Å². The number of hydrogen-bond acceptors (Lipinski definition) is 2. The molecule has 0 spiro atoms. The quantitative estimate of drug-likeness (QED) is 0.635. The zero-order valence-electron chi connectivity index (χ0n) is 8.13. The molecule has 0 radical (unpaired) electrons. The van der Waals surface area contributed by atoms with Gasteiger partial charge in [0.2, 0.25) is 0 Å². The molecule has 0 aliphatic heterocycles. The van der Waals surface area contributed by atoms with Gasteiger partial charge in [-0.05, 0) is 38.5 Å². The van der Waals surface area contributed by atoms with Crippen LogP contribution in [0, 0.1) is 5.41 Å². The third-order valence-corrected chi connectivity index (χ3v) is 3.62. The molecule has 2 nitrogen and oxygen atoms in total. The van der Waals surface area contributed by atoms with E-state index in [0.717, 1.165) is 19.4 Å². The van der Waals surface area contributed by atoms with E-state index in [4.69, 9.17) is 5.73 Å². The van der Waals surface area contributed by atoms with Crippen molar-refractivity contribution in [1.29, 1.82) is 0 Å². The highest BCUT2D eigenvalue weighted by atomic mass is 16.3. The smallest absolute Gasteiger partial charge is 0.0558 e. The first-order valence-corrected chi connectivity index (χ1v) is 5.34. The highest BCUT2D eigenvalue weighted by Gasteiger charge is 2.44. The summed E-state index contributed by atoms with van der Waals surface area (Å²) in [6, 6.07) is 0. The Hall–Kier alpha value is -0.340. The van der Waals surface area contributed by atoms with Gasteiger partial charge >= 0.3 is 0 Å². The minimum Gasteiger partial charge on any atom is -0.393 e. The molecule has 0 unspecified atom stereocenters. The zero-order chi connectivity index (χ0) is 9.31. The summed E-state index contributed by atoms with van der Waals surface area (Å²) in [5.74, 6) is 0. The van der Waals surface area contributed by atoms with Crippen molar-refractivity contribution in [3.8, 4) is 0 Å². The lowest BCUT2D eigenvalue weighted by molar-refractivity contribution is -0.00586. The predicted octanol–water partition coefficient (Wildman–Crippen LogP) is 1.59. The maximum atomic E-state index is 9.36. The molecule has 1 saturated carbocycles. The maximum absolute atomic E-state index is 9.36. The zero-order valence-corrected chi connectivity index (χ0v) is 8.13. The van der Waals surface area contributed by atoms with Gasteiger partial charge in [-0.3, -0.25) is 0 Å². The summed E-state index contributed by atoms with van der Waals surface area (Å²) in [5.41, 5.74) is 7.54. The fourth-order valence-corrected chi connectivity index (χ4v) is 2.72. The lowest BCUT2D eigenvalue weighted by atomic mass is 9.60. The fourth-order valence-electron chi connectivity index (χ4n) is 2.72. The summed E-state index contributed by atoms with van der Waals surface area (Å²) in [5, 5.41) is 9.36. The van der Waals surface area contributed by atoms with Gasteiger partial charge in [-0.2, -0.15) is 0 Å². The summed E-state index contributed by atoms with van der Waals surface area (Å²) in [4.78, 5) is 0. The number of nitrogens with two attached hydrogens (primary N) is 1. The number of hydrogen-bond donors (Lipinski definition) is 2. The lowest BCUT2D eigenvalue weighted by Gasteiger charge is -2.47. The van der Waals surface area contributed by atoms with E-state index in [9.17, 15) is 5.11 Å². The van der Waals surface area contributed by atoms with Crippen LogP contribution >= 0.6 is 0 Å². The Bertz CT molecular complexity index is 216. The molecule has 0 atom stereocenters. The van der Waals surface area contributed by atoms with Crippen LogP contribution in [0.3, 0.4) is 0 Å². The molecule has 2 rings (SSSR count). The molecule has 0 aromatic carbocycles. The summed E-state index contributed by atoms with van der Waals surface area (Å²) < 4.78 is 0. The fraction of sp³-hybridized carbons (Fsp3) is 0.818. The Balaban J connectivity index is 2.08. The van der Waals surface area contributed by atoms with Crippen LogP contribution in [0.2, 0.25) is 0 Å². The Kier molecular flexibility index (Phi) is 2.43. The highest BCUT2D eigenvalue weighted by Crippen LogP contribution is 2.49. The number of aliphatic hydroxyl groups is 1. The minimum absolute atomic E-state index is 0.0913. The van der Waals surface area contributed by atoms with Crippen LogP contribution in [0.15, 0.2) is 11.6 Å². The number of rotatable bonds is 2. The predicted molar refractivity (Wildman–Crippen MR) is 53.3 cm³/mol. The van der Waals surface area contributed by atoms with Crippen LogP contribution in [0.5, 0.6) is 0 Å². The Morgan fingerprint density at radius 3 is 2.69 bits per heavy atom. The molecule has 2 aliphatic carbocycles. The first-order valence-electron chi connectivity index (χ1n) is 5.34. The van der Waals surface area contributed by atoms with Gasteiger partial charge in [-0.25, -0.2) is 0 Å². The molecule has 0 amide bonds. The van der Waals surface area contributed by atoms with E-state index in [1.165, 1.54) is 31.3 Å². The average Bonchev–Trinajstić information content (AvgIpc) is 2.14. The molecule has 0 aromatic heterocycles. The van der Waals surface area contributed by atoms with E-state index in [0.29, 0.717) is 0 Å². The molecule has 0 aromatic rings. The van der Waals surface area contributed by atoms with E-state index in [1.807, 2.05) is 0 Å². The summed E-state index contributed by atoms with van der Waals surface area (Å²) in [6.07, 6.45) is 9.13. The molecule has 3 N–H and O–H groups in total. The van der Waals surface area contributed by atoms with Gasteiger partial charge in [-0.15, -0.1) is 0 Å². The molecule has 2 heteroatoms. The Labute approximate surface area is 79.8 Å². The van der Waals surface area contributed by atoms with E-state index in [2.05, 4.69) is 6.08 Å². The third-order valence-electron chi connectivity index (χ3n) is 3.62. The van der Waals surface area contributed by atoms with Crippen molar-refractivity contribution in [2.24, 2.45) is 11.1 Å². The SMILES string of the molecule is NCC1(C2=CCCCC2)CC(O)C1. The topological polar surface area (TPSA) is 46.2 Å². The van der Waals surface area contributed by atoms with Crippen molar-refractivity contribution in [2.75, 3.05) is 6.54 Å². The van der Waals surface area contributed by atoms with Gasteiger partial charge in [0.15, 0.2) is 0 Å². The molecule has 74 valence electrons. The first-order chi connectivity index (χ1) is 6.27. The Morgan fingerprint density at radius 2 is 2.23 bits per heavy atom. The van der Waals surface area contributed by atoms with Gasteiger partial charge in [0.1, 0.15) is 0 Å². The minimum atomic E-state index is -0.0913. The molecule has 13 heavy (non-hydrogen) atoms. The molecule has 0 heterocycles. The van der Waals surface area contributed by atoms with Crippen molar-refractivity contribution < 1.29 is 5.11 Å². The van der Waals surface area contributed by atoms with Crippen LogP contribution in [0.4, 0.5) is 0 Å². The van der Waals surface area contributed by atoms with E-state index in [-0.39, 0.29) is 11.5 Å². The highest BCUT2D eigenvalue weighted by molar-refractivity contribution is 5.22. The van der Waals surface area contributed by atoms with Crippen molar-refractivity contribution in [1.82, 2.24) is 0 Å². The van der Waals surface area contributed by atoms with Crippen LogP contribution in [-0.4, -0.2) is 17.8 Å². The van der Waals surface area contributed by atoms with E-state index < -0.39 is 0 Å². The van der Waals surface area contributed by atoms with Gasteiger partial charge in [0.25, 0.3) is 0 Å². The third kappa shape index (κ3) is 1.53. The second-order valence-electron chi connectivity index (χ2n) is 4.52. The molecule has 0 saturated heterocycles. The molecule has 0 bridgehead atoms. The van der Waals surface area contributed by atoms with Gasteiger partial charge in [0.05, 0.1) is 6.10 Å². The lowest BCUT2D eigenvalue weighted by Crippen LogP contribution is -2.47. The monoisotopic (exact) mass is 181 g/mol. The van der Waals surface area contributed by atoms with E-state index >= 15 is 0 Å². The first kappa shape index (κ1) is 9.22. The maximum Gasteiger partial charge on any atom is 0.0558 e. The molecular formula is C11H19NO. The average molecular weight is 181 g/mol. The molecular weight excluding hydrogens is 162 g/mol. The van der Waals surface area contributed by atoms with Crippen molar-refractivity contribution >= 4 is 0 Å². The van der Waals surface area contributed by atoms with E-state index in [1.54, 1.807) is 0 Å². The second-order valence-corrected chi connectivity index (χ2v) is 4.52. The van der Waals surface area contributed by atoms with Crippen molar-refractivity contribution in [3.63, 3.8) is 0 Å². The van der Waals surface area contributed by atoms with Crippen molar-refractivity contribution in [3.05, 3.63) is 11.6 Å². The standard InChI is InChI=1S/C11H19NO/c12-8-11(6-10(13)7-11)9-4-2-1-3-5-9/h4,10,13H,1-3,5-8,12H2. The van der Waals surface area contributed by atoms with Gasteiger partial charge in [0, 0.05) is 12.0 Å². The summed E-state index contributed by atoms with van der Waals surface area (Å²) in [6.45, 7) is 0.718. The molecule has 2 aliphatic rings. The van der Waals surface area contributed by atoms with Crippen molar-refractivity contribution in [2.45, 2.75) is 44.6 Å². The Morgan fingerprint density at radius 1 is 1.46 bits per heavy atom. The van der Waals surface area contributed by atoms with Crippen LogP contribution in [0.1, 0.15) is 38.5 Å².